The Kier molecular flexibility index (Phi) is 5.17. The molecule has 0 spiro atoms. The van der Waals surface area contributed by atoms with Crippen LogP contribution in [0.5, 0.6) is 5.75 Å². The third-order valence-electron chi connectivity index (χ3n) is 3.88. The molecular weight excluding hydrogens is 314 g/mol. The van der Waals surface area contributed by atoms with Gasteiger partial charge in [-0.3, -0.25) is 4.79 Å². The maximum absolute atomic E-state index is 11.9. The molecule has 7 heteroatoms. The molecule has 1 heterocycles. The molecule has 1 aromatic heterocycles. The minimum Gasteiger partial charge on any atom is -0.506 e. The van der Waals surface area contributed by atoms with Crippen LogP contribution < -0.4 is 5.32 Å². The van der Waals surface area contributed by atoms with Crippen LogP contribution in [0.1, 0.15) is 43.9 Å². The van der Waals surface area contributed by atoms with E-state index in [0.717, 1.165) is 12.8 Å². The number of anilines is 1. The number of carbonyl (C=O) groups excluding carboxylic acids is 1. The quantitative estimate of drug-likeness (QED) is 0.642. The summed E-state index contributed by atoms with van der Waals surface area (Å²) in [6, 6.07) is 6.62. The number of para-hydroxylation sites is 2. The summed E-state index contributed by atoms with van der Waals surface area (Å²) < 4.78 is 5.66. The van der Waals surface area contributed by atoms with Crippen LogP contribution in [0.25, 0.3) is 0 Å². The van der Waals surface area contributed by atoms with Crippen LogP contribution in [0, 0.1) is 0 Å². The number of aromatic nitrogens is 2. The number of aromatic hydroxyl groups is 1. The molecule has 1 amide bonds. The lowest BCUT2D eigenvalue weighted by atomic mass is 9.89. The Bertz CT molecular complexity index is 668. The van der Waals surface area contributed by atoms with Gasteiger partial charge in [-0.15, -0.1) is 10.2 Å². The molecule has 0 aliphatic heterocycles. The zero-order chi connectivity index (χ0) is 16.1. The van der Waals surface area contributed by atoms with Gasteiger partial charge in [0.05, 0.1) is 11.4 Å². The van der Waals surface area contributed by atoms with Gasteiger partial charge in [0.15, 0.2) is 0 Å². The van der Waals surface area contributed by atoms with Crippen molar-refractivity contribution in [1.29, 1.82) is 0 Å². The van der Waals surface area contributed by atoms with Gasteiger partial charge in [0.2, 0.25) is 11.8 Å². The van der Waals surface area contributed by atoms with Crippen molar-refractivity contribution in [3.63, 3.8) is 0 Å². The van der Waals surface area contributed by atoms with Crippen molar-refractivity contribution in [2.45, 2.75) is 43.2 Å². The average molecular weight is 333 g/mol. The molecule has 0 bridgehead atoms. The molecule has 1 aliphatic rings. The largest absolute Gasteiger partial charge is 0.506 e. The van der Waals surface area contributed by atoms with E-state index >= 15 is 0 Å². The Morgan fingerprint density at radius 3 is 2.83 bits per heavy atom. The van der Waals surface area contributed by atoms with Crippen LogP contribution in [0.2, 0.25) is 0 Å². The number of hydrogen-bond donors (Lipinski definition) is 2. The Morgan fingerprint density at radius 1 is 1.26 bits per heavy atom. The van der Waals surface area contributed by atoms with E-state index in [2.05, 4.69) is 15.5 Å². The highest BCUT2D eigenvalue weighted by Crippen LogP contribution is 2.33. The first-order valence-electron chi connectivity index (χ1n) is 7.76. The lowest BCUT2D eigenvalue weighted by Gasteiger charge is -2.17. The second-order valence-electron chi connectivity index (χ2n) is 5.60. The third-order valence-corrected chi connectivity index (χ3v) is 4.70. The number of phenolic OH excluding ortho intramolecular Hbond substituents is 1. The molecule has 0 unspecified atom stereocenters. The summed E-state index contributed by atoms with van der Waals surface area (Å²) in [5, 5.41) is 20.8. The highest BCUT2D eigenvalue weighted by molar-refractivity contribution is 7.99. The van der Waals surface area contributed by atoms with Crippen LogP contribution >= 0.6 is 11.8 Å². The number of rotatable bonds is 5. The molecule has 1 saturated carbocycles. The monoisotopic (exact) mass is 333 g/mol. The van der Waals surface area contributed by atoms with E-state index in [-0.39, 0.29) is 17.4 Å². The van der Waals surface area contributed by atoms with Gasteiger partial charge in [0.1, 0.15) is 5.75 Å². The van der Waals surface area contributed by atoms with Crippen LogP contribution in [0.3, 0.4) is 0 Å². The number of nitrogens with one attached hydrogen (secondary N) is 1. The smallest absolute Gasteiger partial charge is 0.277 e. The maximum Gasteiger partial charge on any atom is 0.277 e. The first kappa shape index (κ1) is 15.9. The molecule has 2 N–H and O–H groups in total. The summed E-state index contributed by atoms with van der Waals surface area (Å²) >= 11 is 1.20. The van der Waals surface area contributed by atoms with Crippen molar-refractivity contribution in [3.05, 3.63) is 30.2 Å². The van der Waals surface area contributed by atoms with Gasteiger partial charge in [-0.2, -0.15) is 0 Å². The molecule has 3 rings (SSSR count). The predicted octanol–water partition coefficient (Wildman–Crippen LogP) is 3.55. The SMILES string of the molecule is O=C(CSc1nnc(C2CCCCC2)o1)Nc1ccccc1O. The summed E-state index contributed by atoms with van der Waals surface area (Å²) in [7, 11) is 0. The van der Waals surface area contributed by atoms with E-state index < -0.39 is 0 Å². The van der Waals surface area contributed by atoms with Gasteiger partial charge in [-0.25, -0.2) is 0 Å². The number of carbonyl (C=O) groups is 1. The standard InChI is InChI=1S/C16H19N3O3S/c20-13-9-5-4-8-12(13)17-14(21)10-23-16-19-18-15(22-16)11-6-2-1-3-7-11/h4-5,8-9,11,20H,1-3,6-7,10H2,(H,17,21). The van der Waals surface area contributed by atoms with Crippen LogP contribution in [0.4, 0.5) is 5.69 Å². The zero-order valence-corrected chi connectivity index (χ0v) is 13.5. The van der Waals surface area contributed by atoms with Crippen molar-refractivity contribution in [2.24, 2.45) is 0 Å². The van der Waals surface area contributed by atoms with Gasteiger partial charge in [-0.1, -0.05) is 43.2 Å². The average Bonchev–Trinajstić information content (AvgIpc) is 3.05. The molecule has 6 nitrogen and oxygen atoms in total. The predicted molar refractivity (Wildman–Crippen MR) is 87.6 cm³/mol. The highest BCUT2D eigenvalue weighted by Gasteiger charge is 2.21. The summed E-state index contributed by atoms with van der Waals surface area (Å²) in [5.74, 6) is 1.02. The first-order valence-corrected chi connectivity index (χ1v) is 8.75. The Hall–Kier alpha value is -2.02. The Balaban J connectivity index is 1.51. The zero-order valence-electron chi connectivity index (χ0n) is 12.7. The number of amides is 1. The molecule has 23 heavy (non-hydrogen) atoms. The van der Waals surface area contributed by atoms with Crippen LogP contribution in [-0.4, -0.2) is 27.0 Å². The molecule has 122 valence electrons. The van der Waals surface area contributed by atoms with E-state index in [1.54, 1.807) is 18.2 Å². The molecule has 1 aliphatic carbocycles. The van der Waals surface area contributed by atoms with Gasteiger partial charge in [0.25, 0.3) is 5.22 Å². The highest BCUT2D eigenvalue weighted by atomic mass is 32.2. The van der Waals surface area contributed by atoms with Gasteiger partial charge in [0, 0.05) is 5.92 Å². The van der Waals surface area contributed by atoms with Crippen molar-refractivity contribution >= 4 is 23.4 Å². The minimum absolute atomic E-state index is 0.0447. The summed E-state index contributed by atoms with van der Waals surface area (Å²) in [5.41, 5.74) is 0.395. The van der Waals surface area contributed by atoms with Gasteiger partial charge >= 0.3 is 0 Å². The van der Waals surface area contributed by atoms with E-state index in [4.69, 9.17) is 4.42 Å². The molecule has 0 atom stereocenters. The number of hydrogen-bond acceptors (Lipinski definition) is 6. The number of thioether (sulfide) groups is 1. The molecule has 1 fully saturated rings. The second kappa shape index (κ2) is 7.50. The van der Waals surface area contributed by atoms with Crippen molar-refractivity contribution < 1.29 is 14.3 Å². The van der Waals surface area contributed by atoms with E-state index in [9.17, 15) is 9.90 Å². The van der Waals surface area contributed by atoms with Crippen LogP contribution in [-0.2, 0) is 4.79 Å². The van der Waals surface area contributed by atoms with E-state index in [0.29, 0.717) is 22.7 Å². The number of benzene rings is 1. The topological polar surface area (TPSA) is 88.2 Å². The third kappa shape index (κ3) is 4.25. The van der Waals surface area contributed by atoms with Crippen LogP contribution in [0.15, 0.2) is 33.9 Å². The number of nitrogens with zero attached hydrogens (tertiary/aromatic N) is 2. The van der Waals surface area contributed by atoms with Crippen molar-refractivity contribution in [2.75, 3.05) is 11.1 Å². The maximum atomic E-state index is 11.9. The first-order chi connectivity index (χ1) is 11.2. The van der Waals surface area contributed by atoms with Crippen molar-refractivity contribution in [1.82, 2.24) is 10.2 Å². The lowest BCUT2D eigenvalue weighted by molar-refractivity contribution is -0.113. The van der Waals surface area contributed by atoms with Gasteiger partial charge in [-0.05, 0) is 25.0 Å². The summed E-state index contributed by atoms with van der Waals surface area (Å²) in [6.07, 6.45) is 5.88. The fourth-order valence-corrected chi connectivity index (χ4v) is 3.26. The summed E-state index contributed by atoms with van der Waals surface area (Å²) in [4.78, 5) is 11.9. The molecule has 0 saturated heterocycles. The fourth-order valence-electron chi connectivity index (χ4n) is 2.69. The summed E-state index contributed by atoms with van der Waals surface area (Å²) in [6.45, 7) is 0. The number of phenols is 1. The fraction of sp³-hybridized carbons (Fsp3) is 0.438. The molecule has 0 radical (unpaired) electrons. The molecule has 2 aromatic rings. The normalized spacial score (nSPS) is 15.5. The van der Waals surface area contributed by atoms with Gasteiger partial charge < -0.3 is 14.8 Å². The lowest BCUT2D eigenvalue weighted by Crippen LogP contribution is -2.14. The molecular formula is C16H19N3O3S. The van der Waals surface area contributed by atoms with E-state index in [1.807, 2.05) is 0 Å². The van der Waals surface area contributed by atoms with Crippen molar-refractivity contribution in [3.8, 4) is 5.75 Å². The Labute approximate surface area is 138 Å². The Morgan fingerprint density at radius 2 is 2.04 bits per heavy atom. The molecule has 1 aromatic carbocycles. The van der Waals surface area contributed by atoms with E-state index in [1.165, 1.54) is 37.1 Å². The second-order valence-corrected chi connectivity index (χ2v) is 6.52. The minimum atomic E-state index is -0.228.